The molecule has 118 valence electrons. The third kappa shape index (κ3) is 3.26. The second-order valence-corrected chi connectivity index (χ2v) is 6.14. The van der Waals surface area contributed by atoms with Gasteiger partial charge in [0, 0.05) is 31.8 Å². The van der Waals surface area contributed by atoms with Gasteiger partial charge >= 0.3 is 0 Å². The number of hydrogen-bond acceptors (Lipinski definition) is 5. The van der Waals surface area contributed by atoms with Gasteiger partial charge < -0.3 is 4.90 Å². The molecule has 22 heavy (non-hydrogen) atoms. The van der Waals surface area contributed by atoms with Crippen molar-refractivity contribution in [2.45, 2.75) is 37.9 Å². The lowest BCUT2D eigenvalue weighted by Gasteiger charge is -2.20. The van der Waals surface area contributed by atoms with Crippen LogP contribution >= 0.6 is 0 Å². The van der Waals surface area contributed by atoms with E-state index in [1.165, 1.54) is 25.0 Å². The number of benzene rings is 1. The Morgan fingerprint density at radius 1 is 1.41 bits per heavy atom. The van der Waals surface area contributed by atoms with Crippen LogP contribution in [0.15, 0.2) is 24.3 Å². The van der Waals surface area contributed by atoms with Gasteiger partial charge in [-0.05, 0) is 30.7 Å². The molecule has 1 heterocycles. The Hall–Kier alpha value is -1.99. The Labute approximate surface area is 128 Å². The Kier molecular flexibility index (Phi) is 4.08. The fraction of sp³-hybridized carbons (Fsp3) is 0.533. The van der Waals surface area contributed by atoms with Gasteiger partial charge in [0.1, 0.15) is 6.04 Å². The van der Waals surface area contributed by atoms with Gasteiger partial charge in [-0.1, -0.05) is 12.1 Å². The average Bonchev–Trinajstić information content (AvgIpc) is 3.24. The molecule has 1 saturated heterocycles. The molecular formula is C15H20N4O3. The first-order valence-corrected chi connectivity index (χ1v) is 7.54. The van der Waals surface area contributed by atoms with Crippen molar-refractivity contribution in [2.75, 3.05) is 7.05 Å². The normalized spacial score (nSPS) is 24.2. The summed E-state index contributed by atoms with van der Waals surface area (Å²) in [4.78, 5) is 24.4. The van der Waals surface area contributed by atoms with Crippen molar-refractivity contribution >= 4 is 11.6 Å². The van der Waals surface area contributed by atoms with Crippen LogP contribution in [0.2, 0.25) is 0 Å². The monoisotopic (exact) mass is 304 g/mol. The van der Waals surface area contributed by atoms with Crippen molar-refractivity contribution in [3.8, 4) is 0 Å². The smallest absolute Gasteiger partial charge is 0.269 e. The first-order chi connectivity index (χ1) is 10.5. The molecule has 1 aliphatic carbocycles. The molecule has 0 radical (unpaired) electrons. The zero-order valence-electron chi connectivity index (χ0n) is 12.5. The fourth-order valence-corrected chi connectivity index (χ4v) is 2.94. The summed E-state index contributed by atoms with van der Waals surface area (Å²) in [6, 6.07) is 6.58. The van der Waals surface area contributed by atoms with Crippen LogP contribution in [0.3, 0.4) is 0 Å². The summed E-state index contributed by atoms with van der Waals surface area (Å²) in [5.74, 6) is 0.717. The second-order valence-electron chi connectivity index (χ2n) is 6.14. The number of carbonyl (C=O) groups is 1. The molecule has 0 aromatic heterocycles. The molecule has 0 spiro atoms. The highest BCUT2D eigenvalue weighted by Crippen LogP contribution is 2.35. The zero-order chi connectivity index (χ0) is 15.7. The van der Waals surface area contributed by atoms with Gasteiger partial charge in [-0.3, -0.25) is 20.3 Å². The number of amides is 1. The maximum Gasteiger partial charge on any atom is 0.269 e. The zero-order valence-corrected chi connectivity index (χ0v) is 12.5. The van der Waals surface area contributed by atoms with Crippen LogP contribution in [-0.4, -0.2) is 34.9 Å². The third-order valence-corrected chi connectivity index (χ3v) is 4.34. The summed E-state index contributed by atoms with van der Waals surface area (Å²) in [6.45, 7) is 0.368. The Balaban J connectivity index is 1.59. The number of hydrazine groups is 1. The van der Waals surface area contributed by atoms with E-state index in [1.54, 1.807) is 24.1 Å². The summed E-state index contributed by atoms with van der Waals surface area (Å²) in [5.41, 5.74) is 7.09. The van der Waals surface area contributed by atoms with E-state index in [9.17, 15) is 14.9 Å². The largest absolute Gasteiger partial charge is 0.340 e. The lowest BCUT2D eigenvalue weighted by molar-refractivity contribution is -0.384. The average molecular weight is 304 g/mol. The lowest BCUT2D eigenvalue weighted by atomic mass is 10.1. The van der Waals surface area contributed by atoms with Crippen LogP contribution < -0.4 is 10.9 Å². The van der Waals surface area contributed by atoms with Gasteiger partial charge in [-0.15, -0.1) is 0 Å². The molecule has 0 bridgehead atoms. The highest BCUT2D eigenvalue weighted by molar-refractivity contribution is 5.82. The molecule has 3 rings (SSSR count). The van der Waals surface area contributed by atoms with Gasteiger partial charge in [0.15, 0.2) is 0 Å². The predicted molar refractivity (Wildman–Crippen MR) is 80.8 cm³/mol. The number of hydrogen-bond donors (Lipinski definition) is 2. The van der Waals surface area contributed by atoms with Gasteiger partial charge in [-0.25, -0.2) is 5.43 Å². The van der Waals surface area contributed by atoms with Crippen LogP contribution in [0.25, 0.3) is 0 Å². The van der Waals surface area contributed by atoms with Crippen LogP contribution in [-0.2, 0) is 11.3 Å². The van der Waals surface area contributed by atoms with Crippen molar-refractivity contribution in [3.63, 3.8) is 0 Å². The molecule has 7 nitrogen and oxygen atoms in total. The van der Waals surface area contributed by atoms with Crippen molar-refractivity contribution in [3.05, 3.63) is 39.9 Å². The number of nitrogens with zero attached hydrogens (tertiary/aromatic N) is 2. The van der Waals surface area contributed by atoms with E-state index >= 15 is 0 Å². The topological polar surface area (TPSA) is 87.5 Å². The number of nitrogens with one attached hydrogen (secondary N) is 2. The summed E-state index contributed by atoms with van der Waals surface area (Å²) in [6.07, 6.45) is 3.29. The first-order valence-electron chi connectivity index (χ1n) is 7.54. The SMILES string of the molecule is CN(Cc1cccc([N+](=O)[O-])c1)C(=O)C1CC(C2CC2)NN1. The molecule has 2 fully saturated rings. The first kappa shape index (κ1) is 14.9. The second kappa shape index (κ2) is 6.02. The van der Waals surface area contributed by atoms with Crippen LogP contribution in [0, 0.1) is 16.0 Å². The number of non-ortho nitro benzene ring substituents is 1. The third-order valence-electron chi connectivity index (χ3n) is 4.34. The Bertz CT molecular complexity index is 588. The van der Waals surface area contributed by atoms with E-state index in [0.29, 0.717) is 18.5 Å². The van der Waals surface area contributed by atoms with E-state index in [2.05, 4.69) is 10.9 Å². The maximum atomic E-state index is 12.4. The molecule has 1 aliphatic heterocycles. The minimum Gasteiger partial charge on any atom is -0.340 e. The predicted octanol–water partition coefficient (Wildman–Crippen LogP) is 1.20. The Morgan fingerprint density at radius 2 is 2.18 bits per heavy atom. The van der Waals surface area contributed by atoms with Gasteiger partial charge in [-0.2, -0.15) is 0 Å². The van der Waals surface area contributed by atoms with Crippen molar-refractivity contribution in [2.24, 2.45) is 5.92 Å². The van der Waals surface area contributed by atoms with E-state index in [-0.39, 0.29) is 17.6 Å². The quantitative estimate of drug-likeness (QED) is 0.630. The summed E-state index contributed by atoms with van der Waals surface area (Å²) in [7, 11) is 1.73. The van der Waals surface area contributed by atoms with Crippen LogP contribution in [0.5, 0.6) is 0 Å². The lowest BCUT2D eigenvalue weighted by Crippen LogP contribution is -2.44. The highest BCUT2D eigenvalue weighted by Gasteiger charge is 2.39. The summed E-state index contributed by atoms with van der Waals surface area (Å²) < 4.78 is 0. The molecular weight excluding hydrogens is 284 g/mol. The number of nitro benzene ring substituents is 1. The van der Waals surface area contributed by atoms with Gasteiger partial charge in [0.05, 0.1) is 4.92 Å². The molecule has 2 aliphatic rings. The van der Waals surface area contributed by atoms with Crippen molar-refractivity contribution < 1.29 is 9.72 Å². The number of rotatable bonds is 5. The molecule has 1 saturated carbocycles. The highest BCUT2D eigenvalue weighted by atomic mass is 16.6. The number of carbonyl (C=O) groups excluding carboxylic acids is 1. The van der Waals surface area contributed by atoms with Crippen LogP contribution in [0.4, 0.5) is 5.69 Å². The number of nitro groups is 1. The van der Waals surface area contributed by atoms with E-state index < -0.39 is 4.92 Å². The van der Waals surface area contributed by atoms with E-state index in [4.69, 9.17) is 0 Å². The molecule has 1 aromatic rings. The summed E-state index contributed by atoms with van der Waals surface area (Å²) in [5, 5.41) is 10.8. The van der Waals surface area contributed by atoms with Crippen molar-refractivity contribution in [1.82, 2.24) is 15.8 Å². The molecule has 7 heteroatoms. The van der Waals surface area contributed by atoms with Gasteiger partial charge in [0.25, 0.3) is 5.69 Å². The van der Waals surface area contributed by atoms with Crippen LogP contribution in [0.1, 0.15) is 24.8 Å². The number of likely N-dealkylation sites (N-methyl/N-ethyl adjacent to an activating group) is 1. The van der Waals surface area contributed by atoms with E-state index in [1.807, 2.05) is 0 Å². The Morgan fingerprint density at radius 3 is 2.86 bits per heavy atom. The minimum absolute atomic E-state index is 0.0159. The van der Waals surface area contributed by atoms with Crippen molar-refractivity contribution in [1.29, 1.82) is 0 Å². The molecule has 1 amide bonds. The minimum atomic E-state index is -0.423. The van der Waals surface area contributed by atoms with Gasteiger partial charge in [0.2, 0.25) is 5.91 Å². The molecule has 2 unspecified atom stereocenters. The fourth-order valence-electron chi connectivity index (χ4n) is 2.94. The standard InChI is InChI=1S/C15H20N4O3/c1-18(9-10-3-2-4-12(7-10)19(21)22)15(20)14-8-13(16-17-14)11-5-6-11/h2-4,7,11,13-14,16-17H,5-6,8-9H2,1H3. The molecule has 2 atom stereocenters. The molecule has 1 aromatic carbocycles. The molecule has 2 N–H and O–H groups in total. The maximum absolute atomic E-state index is 12.4. The van der Waals surface area contributed by atoms with E-state index in [0.717, 1.165) is 12.0 Å². The summed E-state index contributed by atoms with van der Waals surface area (Å²) >= 11 is 0.